The molecule has 2 aromatic carbocycles. The lowest BCUT2D eigenvalue weighted by atomic mass is 10.1. The predicted octanol–water partition coefficient (Wildman–Crippen LogP) is 4.76. The molecule has 0 radical (unpaired) electrons. The zero-order valence-electron chi connectivity index (χ0n) is 18.0. The minimum atomic E-state index is -4.43. The number of aromatic nitrogens is 1. The molecule has 10 heteroatoms. The molecule has 0 bridgehead atoms. The Balaban J connectivity index is 1.81. The minimum absolute atomic E-state index is 0.0589. The first-order chi connectivity index (χ1) is 15.9. The first-order valence-corrected chi connectivity index (χ1v) is 11.6. The van der Waals surface area contributed by atoms with Gasteiger partial charge in [-0.05, 0) is 54.6 Å². The Kier molecular flexibility index (Phi) is 7.17. The van der Waals surface area contributed by atoms with Crippen molar-refractivity contribution in [3.63, 3.8) is 0 Å². The van der Waals surface area contributed by atoms with Crippen molar-refractivity contribution in [3.8, 4) is 11.8 Å². The Labute approximate surface area is 194 Å². The van der Waals surface area contributed by atoms with E-state index in [0.717, 1.165) is 12.1 Å². The number of nitrogens with one attached hydrogen (secondary N) is 1. The Hall–Kier alpha value is -3.97. The predicted molar refractivity (Wildman–Crippen MR) is 121 cm³/mol. The third-order valence-corrected chi connectivity index (χ3v) is 6.08. The van der Waals surface area contributed by atoms with Crippen LogP contribution in [0.25, 0.3) is 0 Å². The molecular weight excluding hydrogens is 467 g/mol. The number of pyridine rings is 1. The van der Waals surface area contributed by atoms with E-state index < -0.39 is 27.4 Å². The van der Waals surface area contributed by atoms with Gasteiger partial charge in [0.15, 0.2) is 0 Å². The summed E-state index contributed by atoms with van der Waals surface area (Å²) in [6.07, 6.45) is -0.470. The third kappa shape index (κ3) is 6.52. The maximum absolute atomic E-state index is 13.0. The lowest BCUT2D eigenvalue weighted by molar-refractivity contribution is -0.137. The average molecular weight is 485 g/mol. The van der Waals surface area contributed by atoms with Gasteiger partial charge in [-0.3, -0.25) is 14.6 Å². The second-order valence-electron chi connectivity index (χ2n) is 7.19. The van der Waals surface area contributed by atoms with E-state index in [1.54, 1.807) is 12.1 Å². The zero-order chi connectivity index (χ0) is 24.9. The van der Waals surface area contributed by atoms with E-state index in [-0.39, 0.29) is 11.5 Å². The molecule has 3 aromatic rings. The highest BCUT2D eigenvalue weighted by molar-refractivity contribution is 7.93. The fourth-order valence-corrected chi connectivity index (χ4v) is 3.94. The van der Waals surface area contributed by atoms with Crippen molar-refractivity contribution in [2.45, 2.75) is 18.0 Å². The van der Waals surface area contributed by atoms with Crippen LogP contribution < -0.4 is 5.32 Å². The molecular formula is C24H18F3N3O3S. The summed E-state index contributed by atoms with van der Waals surface area (Å²) in [5.41, 5.74) is 0.490. The monoisotopic (exact) mass is 485 g/mol. The lowest BCUT2D eigenvalue weighted by Crippen LogP contribution is -2.07. The van der Waals surface area contributed by atoms with E-state index in [1.165, 1.54) is 55.9 Å². The fourth-order valence-electron chi connectivity index (χ4n) is 2.77. The molecule has 3 rings (SSSR count). The van der Waals surface area contributed by atoms with Crippen LogP contribution in [0.4, 0.5) is 18.9 Å². The van der Waals surface area contributed by atoms with Crippen molar-refractivity contribution in [1.29, 1.82) is 0 Å². The first-order valence-electron chi connectivity index (χ1n) is 9.72. The van der Waals surface area contributed by atoms with Gasteiger partial charge in [0.2, 0.25) is 5.91 Å². The molecule has 1 aromatic heterocycles. The summed E-state index contributed by atoms with van der Waals surface area (Å²) >= 11 is 0. The summed E-state index contributed by atoms with van der Waals surface area (Å²) in [5, 5.41) is 2.59. The summed E-state index contributed by atoms with van der Waals surface area (Å²) in [4.78, 5) is 28.0. The molecule has 2 amide bonds. The molecule has 1 N–H and O–H groups in total. The van der Waals surface area contributed by atoms with E-state index in [2.05, 4.69) is 26.5 Å². The van der Waals surface area contributed by atoms with Crippen LogP contribution in [0.5, 0.6) is 0 Å². The van der Waals surface area contributed by atoms with E-state index in [4.69, 9.17) is 0 Å². The van der Waals surface area contributed by atoms with Crippen LogP contribution in [0.3, 0.4) is 0 Å². The SMILES string of the molecule is CC(=O)Nc1ccc(S(C)(=O)=NC(=O)c2cncc(C#Cc3ccc(C(F)(F)F)cc3)c2)cc1. The molecule has 0 saturated carbocycles. The van der Waals surface area contributed by atoms with Crippen LogP contribution in [0.15, 0.2) is 76.2 Å². The van der Waals surface area contributed by atoms with Crippen LogP contribution >= 0.6 is 0 Å². The van der Waals surface area contributed by atoms with Gasteiger partial charge in [-0.1, -0.05) is 11.8 Å². The molecule has 0 saturated heterocycles. The minimum Gasteiger partial charge on any atom is -0.326 e. The molecule has 1 unspecified atom stereocenters. The van der Waals surface area contributed by atoms with E-state index in [1.807, 2.05) is 0 Å². The molecule has 34 heavy (non-hydrogen) atoms. The topological polar surface area (TPSA) is 88.5 Å². The van der Waals surface area contributed by atoms with Gasteiger partial charge in [-0.15, -0.1) is 0 Å². The number of amides is 2. The number of nitrogens with zero attached hydrogens (tertiary/aromatic N) is 2. The number of halogens is 3. The number of rotatable bonds is 3. The van der Waals surface area contributed by atoms with Crippen molar-refractivity contribution in [2.24, 2.45) is 4.36 Å². The lowest BCUT2D eigenvalue weighted by Gasteiger charge is -2.06. The largest absolute Gasteiger partial charge is 0.416 e. The highest BCUT2D eigenvalue weighted by Gasteiger charge is 2.29. The van der Waals surface area contributed by atoms with Crippen LogP contribution in [0.2, 0.25) is 0 Å². The summed E-state index contributed by atoms with van der Waals surface area (Å²) < 4.78 is 54.8. The number of anilines is 1. The van der Waals surface area contributed by atoms with Gasteiger partial charge in [-0.2, -0.15) is 17.5 Å². The van der Waals surface area contributed by atoms with Crippen LogP contribution in [-0.2, 0) is 20.7 Å². The smallest absolute Gasteiger partial charge is 0.326 e. The summed E-state index contributed by atoms with van der Waals surface area (Å²) in [6, 6.07) is 11.9. The van der Waals surface area contributed by atoms with Crippen molar-refractivity contribution >= 4 is 27.2 Å². The number of hydrogen-bond donors (Lipinski definition) is 1. The zero-order valence-corrected chi connectivity index (χ0v) is 18.8. The van der Waals surface area contributed by atoms with Crippen LogP contribution in [0.1, 0.15) is 34.0 Å². The van der Waals surface area contributed by atoms with Gasteiger partial charge in [0.25, 0.3) is 5.91 Å². The standard InChI is InChI=1S/C24H18F3N3O3S/c1-16(31)29-21-9-11-22(12-10-21)34(2,33)30-23(32)19-13-18(14-28-15-19)4-3-17-5-7-20(8-6-17)24(25,26)27/h5-15H,1-2H3,(H,29,31). The summed E-state index contributed by atoms with van der Waals surface area (Å²) in [7, 11) is -3.08. The van der Waals surface area contributed by atoms with Crippen molar-refractivity contribution < 1.29 is 27.0 Å². The second kappa shape index (κ2) is 9.89. The van der Waals surface area contributed by atoms with Crippen molar-refractivity contribution in [3.05, 3.63) is 89.2 Å². The number of carbonyl (C=O) groups is 2. The molecule has 1 atom stereocenters. The van der Waals surface area contributed by atoms with Crippen molar-refractivity contribution in [2.75, 3.05) is 11.6 Å². The molecule has 1 heterocycles. The maximum Gasteiger partial charge on any atom is 0.416 e. The molecule has 0 aliphatic rings. The quantitative estimate of drug-likeness (QED) is 0.542. The summed E-state index contributed by atoms with van der Waals surface area (Å²) in [6.45, 7) is 1.36. The van der Waals surface area contributed by atoms with Gasteiger partial charge in [0.1, 0.15) is 0 Å². The normalized spacial score (nSPS) is 12.6. The van der Waals surface area contributed by atoms with Gasteiger partial charge in [0, 0.05) is 47.3 Å². The highest BCUT2D eigenvalue weighted by Crippen LogP contribution is 2.29. The van der Waals surface area contributed by atoms with Gasteiger partial charge < -0.3 is 5.32 Å². The summed E-state index contributed by atoms with van der Waals surface area (Å²) in [5.74, 6) is 4.44. The van der Waals surface area contributed by atoms with Crippen LogP contribution in [-0.4, -0.2) is 27.3 Å². The molecule has 174 valence electrons. The fraction of sp³-hybridized carbons (Fsp3) is 0.125. The van der Waals surface area contributed by atoms with Gasteiger partial charge >= 0.3 is 6.18 Å². The first kappa shape index (κ1) is 24.7. The molecule has 0 aliphatic heterocycles. The Bertz CT molecular complexity index is 1410. The molecule has 6 nitrogen and oxygen atoms in total. The van der Waals surface area contributed by atoms with E-state index in [9.17, 15) is 27.0 Å². The van der Waals surface area contributed by atoms with E-state index >= 15 is 0 Å². The van der Waals surface area contributed by atoms with Crippen LogP contribution in [0, 0.1) is 11.8 Å². The van der Waals surface area contributed by atoms with Crippen molar-refractivity contribution in [1.82, 2.24) is 4.98 Å². The Morgan fingerprint density at radius 2 is 1.59 bits per heavy atom. The highest BCUT2D eigenvalue weighted by atomic mass is 32.2. The molecule has 0 aliphatic carbocycles. The second-order valence-corrected chi connectivity index (χ2v) is 9.45. The average Bonchev–Trinajstić information content (AvgIpc) is 2.77. The third-order valence-electron chi connectivity index (χ3n) is 4.42. The number of benzene rings is 2. The Morgan fingerprint density at radius 1 is 0.971 bits per heavy atom. The van der Waals surface area contributed by atoms with Gasteiger partial charge in [0.05, 0.1) is 20.9 Å². The molecule has 0 spiro atoms. The van der Waals surface area contributed by atoms with E-state index in [0.29, 0.717) is 21.7 Å². The van der Waals surface area contributed by atoms with Gasteiger partial charge in [-0.25, -0.2) is 4.21 Å². The number of alkyl halides is 3. The Morgan fingerprint density at radius 3 is 2.18 bits per heavy atom. The maximum atomic E-state index is 13.0. The number of hydrogen-bond acceptors (Lipinski definition) is 4. The number of carbonyl (C=O) groups excluding carboxylic acids is 2. The molecule has 0 fully saturated rings.